The minimum atomic E-state index is -0.833. The third-order valence-corrected chi connectivity index (χ3v) is 3.95. The highest BCUT2D eigenvalue weighted by Crippen LogP contribution is 2.12. The maximum atomic E-state index is 10.7. The highest BCUT2D eigenvalue weighted by Gasteiger charge is 2.32. The molecule has 0 atom stereocenters. The number of nitrogens with zero attached hydrogens (tertiary/aromatic N) is 2. The molecule has 0 aromatic heterocycles. The number of hydrogen-bond acceptors (Lipinski definition) is 14. The van der Waals surface area contributed by atoms with E-state index in [2.05, 4.69) is 30.9 Å². The molecule has 46 heavy (non-hydrogen) atoms. The Morgan fingerprint density at radius 1 is 0.543 bits per heavy atom. The number of aliphatic carboxylic acids is 2. The highest BCUT2D eigenvalue weighted by molar-refractivity contribution is 6.02. The fourth-order valence-corrected chi connectivity index (χ4v) is 2.30. The van der Waals surface area contributed by atoms with Crippen LogP contribution >= 0.6 is 0 Å². The van der Waals surface area contributed by atoms with Crippen molar-refractivity contribution in [2.75, 3.05) is 40.3 Å². The molecular formula is C26H46N6O14. The standard InChI is InChI=1S/2C6H7NO4.2C5H12N2O.2C2H4O2/c2*1-4(8)11-7-5(9)2-3-6(7)10;2*1-5(8)7-4-3-6-2;2*1-2(3)4/h2*2-3H2,1H3;2*6H,3-4H2,1-2H3,(H,7,8);2*1H3,(H,3,4). The van der Waals surface area contributed by atoms with E-state index in [-0.39, 0.29) is 37.5 Å². The first-order valence-corrected chi connectivity index (χ1v) is 13.5. The molecule has 2 aliphatic heterocycles. The molecular weight excluding hydrogens is 620 g/mol. The Labute approximate surface area is 266 Å². The third kappa shape index (κ3) is 37.0. The van der Waals surface area contributed by atoms with Crippen LogP contribution < -0.4 is 21.3 Å². The van der Waals surface area contributed by atoms with Gasteiger partial charge >= 0.3 is 11.9 Å². The van der Waals surface area contributed by atoms with Gasteiger partial charge in [-0.15, -0.1) is 10.1 Å². The minimum Gasteiger partial charge on any atom is -0.481 e. The summed E-state index contributed by atoms with van der Waals surface area (Å²) in [5.74, 6) is -4.74. The quantitative estimate of drug-likeness (QED) is 0.122. The summed E-state index contributed by atoms with van der Waals surface area (Å²) in [4.78, 5) is 111. The molecule has 2 rings (SSSR count). The van der Waals surface area contributed by atoms with E-state index in [1.807, 2.05) is 14.1 Å². The molecule has 2 heterocycles. The Balaban J connectivity index is -0.000000239. The molecule has 264 valence electrons. The number of likely N-dealkylation sites (N-methyl/N-ethyl adjacent to an activating group) is 2. The zero-order valence-electron chi connectivity index (χ0n) is 27.3. The van der Waals surface area contributed by atoms with Gasteiger partial charge in [0.2, 0.25) is 11.8 Å². The summed E-state index contributed by atoms with van der Waals surface area (Å²) in [5, 5.41) is 27.0. The molecule has 6 N–H and O–H groups in total. The SMILES string of the molecule is CC(=O)O.CC(=O)O.CC(=O)ON1C(=O)CCC1=O.CC(=O)ON1C(=O)CCC1=O.CNCCNC(C)=O.CNCCNC(C)=O. The van der Waals surface area contributed by atoms with Crippen LogP contribution in [0.15, 0.2) is 0 Å². The molecule has 0 bridgehead atoms. The summed E-state index contributed by atoms with van der Waals surface area (Å²) >= 11 is 0. The molecule has 6 amide bonds. The number of carboxylic acid groups (broad SMARTS) is 2. The van der Waals surface area contributed by atoms with E-state index in [0.717, 1.165) is 40.8 Å². The molecule has 0 spiro atoms. The van der Waals surface area contributed by atoms with Gasteiger partial charge in [-0.25, -0.2) is 9.59 Å². The number of nitrogens with one attached hydrogen (secondary N) is 4. The number of carbonyl (C=O) groups excluding carboxylic acids is 8. The van der Waals surface area contributed by atoms with Crippen LogP contribution in [0.1, 0.15) is 67.2 Å². The summed E-state index contributed by atoms with van der Waals surface area (Å²) in [5.41, 5.74) is 0. The fourth-order valence-electron chi connectivity index (χ4n) is 2.30. The van der Waals surface area contributed by atoms with Gasteiger partial charge < -0.3 is 41.2 Å². The number of imide groups is 2. The second kappa shape index (κ2) is 30.1. The fraction of sp³-hybridized carbons (Fsp3) is 0.615. The predicted molar refractivity (Wildman–Crippen MR) is 158 cm³/mol. The van der Waals surface area contributed by atoms with Crippen LogP contribution in [0.3, 0.4) is 0 Å². The number of rotatable bonds is 8. The molecule has 20 nitrogen and oxygen atoms in total. The zero-order chi connectivity index (χ0) is 36.8. The summed E-state index contributed by atoms with van der Waals surface area (Å²) in [6, 6.07) is 0. The Bertz CT molecular complexity index is 915. The monoisotopic (exact) mass is 666 g/mol. The summed E-state index contributed by atoms with van der Waals surface area (Å²) in [7, 11) is 3.70. The van der Waals surface area contributed by atoms with E-state index in [1.165, 1.54) is 13.8 Å². The van der Waals surface area contributed by atoms with Crippen molar-refractivity contribution in [3.8, 4) is 0 Å². The maximum Gasteiger partial charge on any atom is 0.330 e. The molecule has 2 aliphatic rings. The molecule has 0 unspecified atom stereocenters. The van der Waals surface area contributed by atoms with E-state index in [0.29, 0.717) is 23.2 Å². The van der Waals surface area contributed by atoms with Crippen molar-refractivity contribution in [2.45, 2.75) is 67.2 Å². The Hall–Kier alpha value is -4.98. The van der Waals surface area contributed by atoms with Crippen LogP contribution in [-0.2, 0) is 57.6 Å². The molecule has 0 aliphatic carbocycles. The van der Waals surface area contributed by atoms with E-state index in [4.69, 9.17) is 19.8 Å². The molecule has 0 aromatic rings. The average Bonchev–Trinajstić information content (AvgIpc) is 3.39. The lowest BCUT2D eigenvalue weighted by molar-refractivity contribution is -0.195. The second-order valence-electron chi connectivity index (χ2n) is 8.54. The van der Waals surface area contributed by atoms with Crippen LogP contribution in [0.4, 0.5) is 0 Å². The third-order valence-electron chi connectivity index (χ3n) is 3.95. The van der Waals surface area contributed by atoms with Gasteiger partial charge in [0.25, 0.3) is 35.6 Å². The van der Waals surface area contributed by atoms with Gasteiger partial charge in [-0.1, -0.05) is 0 Å². The van der Waals surface area contributed by atoms with Crippen molar-refractivity contribution in [3.05, 3.63) is 0 Å². The van der Waals surface area contributed by atoms with Crippen LogP contribution in [-0.4, -0.2) is 120 Å². The number of hydroxylamine groups is 4. The smallest absolute Gasteiger partial charge is 0.330 e. The van der Waals surface area contributed by atoms with Gasteiger partial charge in [0.05, 0.1) is 0 Å². The topological polar surface area (TPSA) is 284 Å². The first-order valence-electron chi connectivity index (χ1n) is 13.5. The molecule has 2 saturated heterocycles. The van der Waals surface area contributed by atoms with Crippen molar-refractivity contribution < 1.29 is 67.8 Å². The molecule has 2 fully saturated rings. The lowest BCUT2D eigenvalue weighted by Crippen LogP contribution is -2.30. The van der Waals surface area contributed by atoms with Gasteiger partial charge in [0.1, 0.15) is 0 Å². The van der Waals surface area contributed by atoms with E-state index < -0.39 is 47.5 Å². The van der Waals surface area contributed by atoms with Crippen LogP contribution in [0.25, 0.3) is 0 Å². The molecule has 0 aromatic carbocycles. The number of carbonyl (C=O) groups is 10. The van der Waals surface area contributed by atoms with E-state index in [9.17, 15) is 38.4 Å². The van der Waals surface area contributed by atoms with Crippen LogP contribution in [0, 0.1) is 0 Å². The number of amides is 6. The molecule has 20 heteroatoms. The van der Waals surface area contributed by atoms with Crippen molar-refractivity contribution >= 4 is 59.3 Å². The van der Waals surface area contributed by atoms with E-state index in [1.54, 1.807) is 0 Å². The Morgan fingerprint density at radius 3 is 0.913 bits per heavy atom. The van der Waals surface area contributed by atoms with Gasteiger partial charge in [-0.3, -0.25) is 38.4 Å². The maximum absolute atomic E-state index is 10.7. The lowest BCUT2D eigenvalue weighted by atomic mass is 10.4. The first-order chi connectivity index (χ1) is 21.2. The average molecular weight is 667 g/mol. The van der Waals surface area contributed by atoms with E-state index >= 15 is 0 Å². The van der Waals surface area contributed by atoms with Crippen molar-refractivity contribution in [1.82, 2.24) is 31.4 Å². The van der Waals surface area contributed by atoms with Gasteiger partial charge in [-0.2, -0.15) is 0 Å². The normalized spacial score (nSPS) is 12.4. The number of hydrogen-bond donors (Lipinski definition) is 6. The molecule has 0 saturated carbocycles. The van der Waals surface area contributed by atoms with Crippen LogP contribution in [0.2, 0.25) is 0 Å². The lowest BCUT2D eigenvalue weighted by Gasteiger charge is -2.09. The van der Waals surface area contributed by atoms with Gasteiger partial charge in [0.15, 0.2) is 0 Å². The first kappa shape index (κ1) is 47.9. The minimum absolute atomic E-state index is 0.0280. The Morgan fingerprint density at radius 2 is 0.761 bits per heavy atom. The predicted octanol–water partition coefficient (Wildman–Crippen LogP) is -1.91. The number of carboxylic acids is 2. The second-order valence-corrected chi connectivity index (χ2v) is 8.54. The largest absolute Gasteiger partial charge is 0.481 e. The van der Waals surface area contributed by atoms with Gasteiger partial charge in [0, 0.05) is 93.4 Å². The van der Waals surface area contributed by atoms with Crippen LogP contribution in [0.5, 0.6) is 0 Å². The zero-order valence-corrected chi connectivity index (χ0v) is 27.3. The summed E-state index contributed by atoms with van der Waals surface area (Å²) < 4.78 is 0. The summed E-state index contributed by atoms with van der Waals surface area (Å²) in [6.07, 6.45) is 0.524. The van der Waals surface area contributed by atoms with Gasteiger partial charge in [-0.05, 0) is 14.1 Å². The van der Waals surface area contributed by atoms with Crippen molar-refractivity contribution in [3.63, 3.8) is 0 Å². The highest BCUT2D eigenvalue weighted by atomic mass is 16.7. The van der Waals surface area contributed by atoms with Crippen molar-refractivity contribution in [2.24, 2.45) is 0 Å². The Kier molecular flexibility index (Phi) is 31.3. The van der Waals surface area contributed by atoms with Crippen molar-refractivity contribution in [1.29, 1.82) is 0 Å². The summed E-state index contributed by atoms with van der Waals surface area (Å²) in [6.45, 7) is 10.6. The molecule has 0 radical (unpaired) electrons.